The molecular formula is C21H23NO2. The van der Waals surface area contributed by atoms with Crippen LogP contribution < -0.4 is 0 Å². The Balaban J connectivity index is 1.77. The monoisotopic (exact) mass is 321 g/mol. The van der Waals surface area contributed by atoms with Gasteiger partial charge in [-0.2, -0.15) is 0 Å². The van der Waals surface area contributed by atoms with Gasteiger partial charge in [-0.15, -0.1) is 0 Å². The van der Waals surface area contributed by atoms with Crippen molar-refractivity contribution in [3.8, 4) is 0 Å². The molecule has 1 heterocycles. The lowest BCUT2D eigenvalue weighted by Crippen LogP contribution is -2.26. The molecule has 3 aromatic rings. The molecule has 0 amide bonds. The van der Waals surface area contributed by atoms with E-state index in [1.807, 2.05) is 39.0 Å². The zero-order valence-electron chi connectivity index (χ0n) is 14.5. The van der Waals surface area contributed by atoms with Crippen LogP contribution in [0, 0.1) is 0 Å². The van der Waals surface area contributed by atoms with Gasteiger partial charge in [0.05, 0.1) is 5.52 Å². The highest BCUT2D eigenvalue weighted by molar-refractivity contribution is 5.89. The van der Waals surface area contributed by atoms with E-state index in [0.29, 0.717) is 0 Å². The second-order valence-electron chi connectivity index (χ2n) is 7.04. The Morgan fingerprint density at radius 1 is 0.958 bits per heavy atom. The Morgan fingerprint density at radius 3 is 2.38 bits per heavy atom. The molecular weight excluding hydrogens is 298 g/mol. The standard InChI is InChI=1S/C21H23NO2/c1-21(2,3)24-20(23)22-14-13-18-15-17(11-12-19(18)22)10-9-16-7-5-4-6-8-16/h4-8,11-15H,9-10H2,1-3H3. The van der Waals surface area contributed by atoms with Gasteiger partial charge in [-0.3, -0.25) is 4.57 Å². The Morgan fingerprint density at radius 2 is 1.67 bits per heavy atom. The van der Waals surface area contributed by atoms with E-state index in [0.717, 1.165) is 23.7 Å². The smallest absolute Gasteiger partial charge is 0.418 e. The number of carbonyl (C=O) groups excluding carboxylic acids is 1. The van der Waals surface area contributed by atoms with Crippen LogP contribution in [0.1, 0.15) is 31.9 Å². The van der Waals surface area contributed by atoms with Crippen molar-refractivity contribution < 1.29 is 9.53 Å². The molecule has 0 atom stereocenters. The van der Waals surface area contributed by atoms with Crippen LogP contribution in [0.25, 0.3) is 10.9 Å². The number of aromatic nitrogens is 1. The second-order valence-corrected chi connectivity index (χ2v) is 7.04. The predicted molar refractivity (Wildman–Crippen MR) is 97.4 cm³/mol. The third-order valence-electron chi connectivity index (χ3n) is 3.89. The maximum absolute atomic E-state index is 12.3. The minimum Gasteiger partial charge on any atom is -0.443 e. The zero-order valence-corrected chi connectivity index (χ0v) is 14.5. The summed E-state index contributed by atoms with van der Waals surface area (Å²) >= 11 is 0. The molecule has 3 heteroatoms. The first-order chi connectivity index (χ1) is 11.4. The normalized spacial score (nSPS) is 11.6. The summed E-state index contributed by atoms with van der Waals surface area (Å²) in [6.45, 7) is 5.62. The van der Waals surface area contributed by atoms with Crippen molar-refractivity contribution in [2.45, 2.75) is 39.2 Å². The van der Waals surface area contributed by atoms with E-state index in [1.54, 1.807) is 10.8 Å². The van der Waals surface area contributed by atoms with Crippen LogP contribution in [-0.4, -0.2) is 16.3 Å². The van der Waals surface area contributed by atoms with E-state index >= 15 is 0 Å². The molecule has 0 bridgehead atoms. The maximum atomic E-state index is 12.3. The molecule has 2 aromatic carbocycles. The van der Waals surface area contributed by atoms with Gasteiger partial charge < -0.3 is 4.74 Å². The lowest BCUT2D eigenvalue weighted by molar-refractivity contribution is 0.0544. The molecule has 24 heavy (non-hydrogen) atoms. The number of carbonyl (C=O) groups is 1. The molecule has 0 radical (unpaired) electrons. The molecule has 0 spiro atoms. The highest BCUT2D eigenvalue weighted by Crippen LogP contribution is 2.20. The summed E-state index contributed by atoms with van der Waals surface area (Å²) in [6, 6.07) is 18.7. The molecule has 0 saturated heterocycles. The van der Waals surface area contributed by atoms with Crippen LogP contribution in [0.5, 0.6) is 0 Å². The summed E-state index contributed by atoms with van der Waals surface area (Å²) in [7, 11) is 0. The largest absolute Gasteiger partial charge is 0.443 e. The lowest BCUT2D eigenvalue weighted by Gasteiger charge is -2.19. The van der Waals surface area contributed by atoms with Gasteiger partial charge in [-0.25, -0.2) is 4.79 Å². The van der Waals surface area contributed by atoms with Crippen LogP contribution in [0.15, 0.2) is 60.8 Å². The zero-order chi connectivity index (χ0) is 17.2. The topological polar surface area (TPSA) is 31.2 Å². The Bertz CT molecular complexity index is 841. The van der Waals surface area contributed by atoms with Gasteiger partial charge in [0.2, 0.25) is 0 Å². The first-order valence-corrected chi connectivity index (χ1v) is 8.30. The van der Waals surface area contributed by atoms with Crippen LogP contribution in [0.4, 0.5) is 4.79 Å². The van der Waals surface area contributed by atoms with Gasteiger partial charge in [-0.05, 0) is 62.9 Å². The molecule has 3 rings (SSSR count). The third kappa shape index (κ3) is 3.85. The van der Waals surface area contributed by atoms with Crippen molar-refractivity contribution in [3.63, 3.8) is 0 Å². The number of ether oxygens (including phenoxy) is 1. The van der Waals surface area contributed by atoms with Gasteiger partial charge >= 0.3 is 6.09 Å². The van der Waals surface area contributed by atoms with Crippen molar-refractivity contribution in [1.29, 1.82) is 0 Å². The number of aryl methyl sites for hydroxylation is 2. The van der Waals surface area contributed by atoms with Crippen molar-refractivity contribution in [2.24, 2.45) is 0 Å². The number of hydrogen-bond donors (Lipinski definition) is 0. The van der Waals surface area contributed by atoms with Gasteiger partial charge in [0.15, 0.2) is 0 Å². The maximum Gasteiger partial charge on any atom is 0.418 e. The van der Waals surface area contributed by atoms with Gasteiger partial charge in [0.1, 0.15) is 5.60 Å². The Labute approximate surface area is 142 Å². The lowest BCUT2D eigenvalue weighted by atomic mass is 10.0. The van der Waals surface area contributed by atoms with Crippen molar-refractivity contribution >= 4 is 17.0 Å². The highest BCUT2D eigenvalue weighted by atomic mass is 16.6. The van der Waals surface area contributed by atoms with Crippen molar-refractivity contribution in [1.82, 2.24) is 4.57 Å². The van der Waals surface area contributed by atoms with Crippen LogP contribution in [0.3, 0.4) is 0 Å². The quantitative estimate of drug-likeness (QED) is 0.663. The fraction of sp³-hybridized carbons (Fsp3) is 0.286. The molecule has 0 fully saturated rings. The first-order valence-electron chi connectivity index (χ1n) is 8.30. The Kier molecular flexibility index (Phi) is 4.43. The minimum absolute atomic E-state index is 0.338. The number of fused-ring (bicyclic) bond motifs is 1. The molecule has 0 unspecified atom stereocenters. The molecule has 0 N–H and O–H groups in total. The number of nitrogens with zero attached hydrogens (tertiary/aromatic N) is 1. The van der Waals surface area contributed by atoms with E-state index in [9.17, 15) is 4.79 Å². The predicted octanol–water partition coefficient (Wildman–Crippen LogP) is 5.21. The summed E-state index contributed by atoms with van der Waals surface area (Å²) in [5.41, 5.74) is 2.99. The van der Waals surface area contributed by atoms with E-state index in [-0.39, 0.29) is 6.09 Å². The van der Waals surface area contributed by atoms with Crippen LogP contribution >= 0.6 is 0 Å². The van der Waals surface area contributed by atoms with Gasteiger partial charge in [0, 0.05) is 11.6 Å². The third-order valence-corrected chi connectivity index (χ3v) is 3.89. The molecule has 0 aliphatic carbocycles. The summed E-state index contributed by atoms with van der Waals surface area (Å²) in [4.78, 5) is 12.3. The van der Waals surface area contributed by atoms with E-state index in [1.165, 1.54) is 11.1 Å². The highest BCUT2D eigenvalue weighted by Gasteiger charge is 2.18. The van der Waals surface area contributed by atoms with Crippen molar-refractivity contribution in [2.75, 3.05) is 0 Å². The SMILES string of the molecule is CC(C)(C)OC(=O)n1ccc2cc(CCc3ccccc3)ccc21. The Hall–Kier alpha value is -2.55. The summed E-state index contributed by atoms with van der Waals surface area (Å²) in [5, 5.41) is 1.06. The minimum atomic E-state index is -0.497. The fourth-order valence-corrected chi connectivity index (χ4v) is 2.75. The molecule has 0 aliphatic heterocycles. The van der Waals surface area contributed by atoms with Gasteiger partial charge in [-0.1, -0.05) is 36.4 Å². The molecule has 1 aromatic heterocycles. The summed E-state index contributed by atoms with van der Waals surface area (Å²) in [5.74, 6) is 0. The fourth-order valence-electron chi connectivity index (χ4n) is 2.75. The second kappa shape index (κ2) is 6.52. The van der Waals surface area contributed by atoms with Crippen LogP contribution in [0.2, 0.25) is 0 Å². The van der Waals surface area contributed by atoms with E-state index in [2.05, 4.69) is 36.4 Å². The molecule has 124 valence electrons. The first kappa shape index (κ1) is 16.3. The average Bonchev–Trinajstić information content (AvgIpc) is 2.95. The van der Waals surface area contributed by atoms with Crippen molar-refractivity contribution in [3.05, 3.63) is 71.9 Å². The molecule has 0 saturated carbocycles. The summed E-state index contributed by atoms with van der Waals surface area (Å²) < 4.78 is 7.02. The van der Waals surface area contributed by atoms with E-state index < -0.39 is 5.60 Å². The van der Waals surface area contributed by atoms with Gasteiger partial charge in [0.25, 0.3) is 0 Å². The molecule has 3 nitrogen and oxygen atoms in total. The van der Waals surface area contributed by atoms with E-state index in [4.69, 9.17) is 4.74 Å². The summed E-state index contributed by atoms with van der Waals surface area (Å²) in [6.07, 6.45) is 3.44. The molecule has 0 aliphatic rings. The number of rotatable bonds is 3. The number of benzene rings is 2. The number of hydrogen-bond acceptors (Lipinski definition) is 2. The van der Waals surface area contributed by atoms with Crippen LogP contribution in [-0.2, 0) is 17.6 Å². The average molecular weight is 321 g/mol.